The molecule has 8 nitrogen and oxygen atoms in total. The van der Waals surface area contributed by atoms with Gasteiger partial charge >= 0.3 is 0 Å². The molecule has 0 radical (unpaired) electrons. The van der Waals surface area contributed by atoms with Gasteiger partial charge in [0.2, 0.25) is 0 Å². The predicted octanol–water partition coefficient (Wildman–Crippen LogP) is 4.21. The number of amides is 1. The topological polar surface area (TPSA) is 88.7 Å². The summed E-state index contributed by atoms with van der Waals surface area (Å²) in [4.78, 5) is 40.9. The molecule has 2 atom stereocenters. The van der Waals surface area contributed by atoms with Gasteiger partial charge in [0.05, 0.1) is 4.92 Å². The van der Waals surface area contributed by atoms with Crippen molar-refractivity contribution < 1.29 is 9.72 Å². The maximum absolute atomic E-state index is 13.3. The molecule has 2 aromatic carbocycles. The first kappa shape index (κ1) is 22.6. The molecule has 1 saturated heterocycles. The molecule has 3 aromatic rings. The van der Waals surface area contributed by atoms with Crippen LogP contribution in [0.2, 0.25) is 0 Å². The summed E-state index contributed by atoms with van der Waals surface area (Å²) in [7, 11) is 0. The largest absolute Gasteiger partial charge is 0.365 e. The van der Waals surface area contributed by atoms with Gasteiger partial charge in [0.1, 0.15) is 5.69 Å². The minimum Gasteiger partial charge on any atom is -0.365 e. The average Bonchev–Trinajstić information content (AvgIpc) is 2.87. The van der Waals surface area contributed by atoms with Crippen LogP contribution in [0.5, 0.6) is 0 Å². The molecule has 2 aliphatic rings. The third kappa shape index (κ3) is 4.23. The van der Waals surface area contributed by atoms with Crippen LogP contribution in [0.3, 0.4) is 0 Å². The minimum atomic E-state index is -0.421. The molecule has 0 N–H and O–H groups in total. The Bertz CT molecular complexity index is 1350. The second-order valence-electron chi connectivity index (χ2n) is 9.10. The quantitative estimate of drug-likeness (QED) is 0.306. The van der Waals surface area contributed by atoms with Gasteiger partial charge in [-0.25, -0.2) is 0 Å². The van der Waals surface area contributed by atoms with Crippen LogP contribution in [0, 0.1) is 16.0 Å². The lowest BCUT2D eigenvalue weighted by Crippen LogP contribution is -2.47. The van der Waals surface area contributed by atoms with Crippen LogP contribution < -0.4 is 15.4 Å². The van der Waals surface area contributed by atoms with Crippen LogP contribution in [0.1, 0.15) is 28.4 Å². The van der Waals surface area contributed by atoms with Crippen molar-refractivity contribution in [3.63, 3.8) is 0 Å². The zero-order valence-electron chi connectivity index (χ0n) is 19.2. The van der Waals surface area contributed by atoms with Gasteiger partial charge in [0, 0.05) is 61.2 Å². The Balaban J connectivity index is 1.47. The van der Waals surface area contributed by atoms with Crippen molar-refractivity contribution in [2.24, 2.45) is 5.92 Å². The van der Waals surface area contributed by atoms with Crippen molar-refractivity contribution in [1.82, 2.24) is 4.57 Å². The van der Waals surface area contributed by atoms with Crippen molar-refractivity contribution in [2.75, 3.05) is 29.4 Å². The third-order valence-corrected chi connectivity index (χ3v) is 6.86. The highest BCUT2D eigenvalue weighted by molar-refractivity contribution is 6.07. The molecule has 3 heterocycles. The smallest absolute Gasteiger partial charge is 0.293 e. The molecule has 0 aliphatic carbocycles. The number of nitro benzene ring substituents is 1. The van der Waals surface area contributed by atoms with Crippen molar-refractivity contribution in [3.05, 3.63) is 111 Å². The number of carbonyl (C=O) groups excluding carboxylic acids is 1. The molecule has 2 unspecified atom stereocenters. The number of nitrogens with zero attached hydrogens (tertiary/aromatic N) is 4. The van der Waals surface area contributed by atoms with E-state index < -0.39 is 4.92 Å². The van der Waals surface area contributed by atoms with Crippen LogP contribution >= 0.6 is 0 Å². The van der Waals surface area contributed by atoms with Crippen molar-refractivity contribution >= 4 is 23.0 Å². The molecule has 1 fully saturated rings. The fraction of sp³-hybridized carbons (Fsp3) is 0.259. The van der Waals surface area contributed by atoms with Gasteiger partial charge in [-0.15, -0.1) is 6.58 Å². The molecule has 2 bridgehead atoms. The van der Waals surface area contributed by atoms with Crippen LogP contribution in [0.4, 0.5) is 17.1 Å². The minimum absolute atomic E-state index is 0.00184. The predicted molar refractivity (Wildman–Crippen MR) is 135 cm³/mol. The van der Waals surface area contributed by atoms with E-state index in [9.17, 15) is 19.7 Å². The monoisotopic (exact) mass is 470 g/mol. The number of para-hydroxylation sites is 1. The van der Waals surface area contributed by atoms with Gasteiger partial charge in [-0.05, 0) is 42.7 Å². The second kappa shape index (κ2) is 9.21. The molecule has 5 rings (SSSR count). The Morgan fingerprint density at radius 2 is 1.89 bits per heavy atom. The summed E-state index contributed by atoms with van der Waals surface area (Å²) in [6.45, 7) is 5.84. The number of rotatable bonds is 6. The summed E-state index contributed by atoms with van der Waals surface area (Å²) in [6, 6.07) is 19.2. The van der Waals surface area contributed by atoms with Gasteiger partial charge in [-0.1, -0.05) is 30.3 Å². The van der Waals surface area contributed by atoms with E-state index in [-0.39, 0.29) is 41.1 Å². The number of piperidine rings is 1. The number of fused-ring (bicyclic) bond motifs is 4. The van der Waals surface area contributed by atoms with E-state index in [1.54, 1.807) is 35.2 Å². The number of hydrogen-bond donors (Lipinski definition) is 0. The number of carbonyl (C=O) groups is 1. The molecule has 2 aliphatic heterocycles. The lowest BCUT2D eigenvalue weighted by Gasteiger charge is -2.43. The zero-order chi connectivity index (χ0) is 24.5. The first-order valence-electron chi connectivity index (χ1n) is 11.7. The zero-order valence-corrected chi connectivity index (χ0v) is 19.2. The van der Waals surface area contributed by atoms with E-state index in [1.165, 1.54) is 6.07 Å². The molecule has 1 amide bonds. The Hall–Kier alpha value is -4.20. The Morgan fingerprint density at radius 1 is 1.09 bits per heavy atom. The lowest BCUT2D eigenvalue weighted by atomic mass is 9.83. The van der Waals surface area contributed by atoms with E-state index >= 15 is 0 Å². The SMILES string of the molecule is C=CCN(C(=O)c1ccc(N2CC3CC(C2)c2cccc(=O)n2C3)c([N+](=O)[O-])c1)c1ccccc1. The molecule has 0 saturated carbocycles. The number of benzene rings is 2. The van der Waals surface area contributed by atoms with Crippen LogP contribution in [-0.2, 0) is 6.54 Å². The van der Waals surface area contributed by atoms with Crippen LogP contribution in [-0.4, -0.2) is 35.0 Å². The summed E-state index contributed by atoms with van der Waals surface area (Å²) in [6.07, 6.45) is 2.58. The molecule has 1 aromatic heterocycles. The maximum Gasteiger partial charge on any atom is 0.293 e. The molecular weight excluding hydrogens is 444 g/mol. The third-order valence-electron chi connectivity index (χ3n) is 6.86. The highest BCUT2D eigenvalue weighted by Gasteiger charge is 2.36. The second-order valence-corrected chi connectivity index (χ2v) is 9.10. The Labute approximate surface area is 202 Å². The van der Waals surface area contributed by atoms with Crippen molar-refractivity contribution in [1.29, 1.82) is 0 Å². The van der Waals surface area contributed by atoms with Crippen LogP contribution in [0.15, 0.2) is 84.2 Å². The standard InChI is InChI=1S/C27H26N4O4/c1-2-13-29(22-7-4-3-5-8-22)27(33)20-11-12-24(25(15-20)31(34)35)28-16-19-14-21(18-28)23-9-6-10-26(32)30(23)17-19/h2-12,15,19,21H,1,13-14,16-18H2. The maximum atomic E-state index is 13.3. The van der Waals surface area contributed by atoms with Crippen LogP contribution in [0.25, 0.3) is 0 Å². The molecule has 0 spiro atoms. The number of pyridine rings is 1. The number of anilines is 2. The van der Waals surface area contributed by atoms with E-state index in [0.717, 1.165) is 12.1 Å². The van der Waals surface area contributed by atoms with Gasteiger partial charge in [0.25, 0.3) is 17.2 Å². The Morgan fingerprint density at radius 3 is 2.63 bits per heavy atom. The first-order valence-corrected chi connectivity index (χ1v) is 11.7. The number of hydrogen-bond acceptors (Lipinski definition) is 5. The van der Waals surface area contributed by atoms with Crippen molar-refractivity contribution in [3.8, 4) is 0 Å². The molecule has 35 heavy (non-hydrogen) atoms. The fourth-order valence-electron chi connectivity index (χ4n) is 5.36. The first-order chi connectivity index (χ1) is 17.0. The van der Waals surface area contributed by atoms with Gasteiger partial charge in [-0.2, -0.15) is 0 Å². The van der Waals surface area contributed by atoms with Gasteiger partial charge in [0.15, 0.2) is 0 Å². The van der Waals surface area contributed by atoms with E-state index in [1.807, 2.05) is 45.9 Å². The Kier molecular flexibility index (Phi) is 5.94. The van der Waals surface area contributed by atoms with Crippen molar-refractivity contribution in [2.45, 2.75) is 18.9 Å². The highest BCUT2D eigenvalue weighted by atomic mass is 16.6. The number of nitro groups is 1. The summed E-state index contributed by atoms with van der Waals surface area (Å²) in [5.74, 6) is 0.0245. The summed E-state index contributed by atoms with van der Waals surface area (Å²) in [5.41, 5.74) is 2.34. The molecular formula is C27H26N4O4. The highest BCUT2D eigenvalue weighted by Crippen LogP contribution is 2.40. The lowest BCUT2D eigenvalue weighted by molar-refractivity contribution is -0.384. The summed E-state index contributed by atoms with van der Waals surface area (Å²) in [5, 5.41) is 12.1. The molecule has 178 valence electrons. The fourth-order valence-corrected chi connectivity index (χ4v) is 5.36. The van der Waals surface area contributed by atoms with Gasteiger partial charge < -0.3 is 14.4 Å². The summed E-state index contributed by atoms with van der Waals surface area (Å²) >= 11 is 0. The van der Waals surface area contributed by atoms with E-state index in [2.05, 4.69) is 6.58 Å². The average molecular weight is 471 g/mol. The van der Waals surface area contributed by atoms with Gasteiger partial charge in [-0.3, -0.25) is 19.7 Å². The molecule has 8 heteroatoms. The van der Waals surface area contributed by atoms with E-state index in [4.69, 9.17) is 0 Å². The summed E-state index contributed by atoms with van der Waals surface area (Å²) < 4.78 is 1.84. The number of aromatic nitrogens is 1. The normalized spacial score (nSPS) is 18.5. The van der Waals surface area contributed by atoms with E-state index in [0.29, 0.717) is 31.0 Å².